The van der Waals surface area contributed by atoms with E-state index in [2.05, 4.69) is 44.7 Å². The number of hydrogen-bond acceptors (Lipinski definition) is 4. The van der Waals surface area contributed by atoms with E-state index in [9.17, 15) is 0 Å². The molecule has 118 valence electrons. The van der Waals surface area contributed by atoms with Gasteiger partial charge in [0.1, 0.15) is 13.2 Å². The Labute approximate surface area is 128 Å². The van der Waals surface area contributed by atoms with E-state index in [1.165, 1.54) is 5.56 Å². The van der Waals surface area contributed by atoms with Gasteiger partial charge in [-0.1, -0.05) is 19.9 Å². The predicted octanol–water partition coefficient (Wildman–Crippen LogP) is 2.82. The standard InChI is InChI=1S/C17H28N2O2/c1-12(2)11-19(13(3)4)15(10-18)14-5-6-16-17(9-14)21-8-7-20-16/h5-6,9,12-13,15H,7-8,10-11,18H2,1-4H3. The largest absolute Gasteiger partial charge is 0.486 e. The molecule has 0 radical (unpaired) electrons. The number of nitrogens with two attached hydrogens (primary N) is 1. The molecule has 21 heavy (non-hydrogen) atoms. The molecule has 0 fully saturated rings. The molecule has 0 spiro atoms. The van der Waals surface area contributed by atoms with Crippen molar-refractivity contribution in [2.24, 2.45) is 11.7 Å². The van der Waals surface area contributed by atoms with Crippen molar-refractivity contribution in [1.29, 1.82) is 0 Å². The average Bonchev–Trinajstić information content (AvgIpc) is 2.46. The Bertz CT molecular complexity index is 460. The van der Waals surface area contributed by atoms with Gasteiger partial charge in [0, 0.05) is 25.2 Å². The van der Waals surface area contributed by atoms with Gasteiger partial charge >= 0.3 is 0 Å². The zero-order chi connectivity index (χ0) is 15.4. The zero-order valence-corrected chi connectivity index (χ0v) is 13.6. The van der Waals surface area contributed by atoms with E-state index < -0.39 is 0 Å². The molecule has 1 aliphatic heterocycles. The number of benzene rings is 1. The van der Waals surface area contributed by atoms with E-state index in [1.807, 2.05) is 6.07 Å². The van der Waals surface area contributed by atoms with Crippen molar-refractivity contribution in [3.63, 3.8) is 0 Å². The van der Waals surface area contributed by atoms with Crippen molar-refractivity contribution in [3.8, 4) is 11.5 Å². The first-order chi connectivity index (χ1) is 10.0. The number of hydrogen-bond donors (Lipinski definition) is 1. The van der Waals surface area contributed by atoms with Gasteiger partial charge in [-0.05, 0) is 37.5 Å². The highest BCUT2D eigenvalue weighted by Gasteiger charge is 2.24. The Morgan fingerprint density at radius 1 is 1.10 bits per heavy atom. The van der Waals surface area contributed by atoms with Crippen LogP contribution in [-0.4, -0.2) is 37.2 Å². The maximum absolute atomic E-state index is 6.08. The molecule has 0 aliphatic carbocycles. The molecule has 4 heteroatoms. The van der Waals surface area contributed by atoms with Crippen LogP contribution in [0.3, 0.4) is 0 Å². The molecule has 0 saturated heterocycles. The van der Waals surface area contributed by atoms with Crippen molar-refractivity contribution < 1.29 is 9.47 Å². The third kappa shape index (κ3) is 3.89. The highest BCUT2D eigenvalue weighted by Crippen LogP contribution is 2.34. The normalized spacial score (nSPS) is 15.8. The van der Waals surface area contributed by atoms with E-state index in [0.717, 1.165) is 18.0 Å². The van der Waals surface area contributed by atoms with Gasteiger partial charge in [-0.2, -0.15) is 0 Å². The molecule has 1 aliphatic rings. The summed E-state index contributed by atoms with van der Waals surface area (Å²) in [6, 6.07) is 6.86. The Kier molecular flexibility index (Phi) is 5.48. The topological polar surface area (TPSA) is 47.7 Å². The fourth-order valence-electron chi connectivity index (χ4n) is 2.85. The Morgan fingerprint density at radius 2 is 1.76 bits per heavy atom. The van der Waals surface area contributed by atoms with Crippen molar-refractivity contribution in [2.45, 2.75) is 39.8 Å². The van der Waals surface area contributed by atoms with Crippen LogP contribution in [0.1, 0.15) is 39.3 Å². The molecular formula is C17H28N2O2. The Hall–Kier alpha value is -1.26. The molecule has 1 heterocycles. The summed E-state index contributed by atoms with van der Waals surface area (Å²) in [4.78, 5) is 2.47. The molecule has 1 atom stereocenters. The minimum absolute atomic E-state index is 0.211. The van der Waals surface area contributed by atoms with Crippen molar-refractivity contribution in [3.05, 3.63) is 23.8 Å². The SMILES string of the molecule is CC(C)CN(C(C)C)C(CN)c1ccc2c(c1)OCCO2. The summed E-state index contributed by atoms with van der Waals surface area (Å²) in [7, 11) is 0. The van der Waals surface area contributed by atoms with E-state index in [1.54, 1.807) is 0 Å². The highest BCUT2D eigenvalue weighted by atomic mass is 16.6. The second-order valence-electron chi connectivity index (χ2n) is 6.34. The zero-order valence-electron chi connectivity index (χ0n) is 13.6. The van der Waals surface area contributed by atoms with Crippen LogP contribution in [0.15, 0.2) is 18.2 Å². The first-order valence-corrected chi connectivity index (χ1v) is 7.88. The van der Waals surface area contributed by atoms with Crippen LogP contribution in [0.5, 0.6) is 11.5 Å². The third-order valence-corrected chi connectivity index (χ3v) is 3.81. The molecular weight excluding hydrogens is 264 g/mol. The molecule has 4 nitrogen and oxygen atoms in total. The van der Waals surface area contributed by atoms with Crippen LogP contribution in [-0.2, 0) is 0 Å². The fraction of sp³-hybridized carbons (Fsp3) is 0.647. The summed E-state index contributed by atoms with van der Waals surface area (Å²) in [5.41, 5.74) is 7.29. The minimum atomic E-state index is 0.211. The van der Waals surface area contributed by atoms with Crippen molar-refractivity contribution in [1.82, 2.24) is 4.90 Å². The molecule has 2 rings (SSSR count). The molecule has 2 N–H and O–H groups in total. The van der Waals surface area contributed by atoms with Crippen LogP contribution < -0.4 is 15.2 Å². The van der Waals surface area contributed by atoms with Crippen LogP contribution >= 0.6 is 0 Å². The first-order valence-electron chi connectivity index (χ1n) is 7.88. The molecule has 0 bridgehead atoms. The lowest BCUT2D eigenvalue weighted by Crippen LogP contribution is -2.40. The monoisotopic (exact) mass is 292 g/mol. The molecule has 0 amide bonds. The third-order valence-electron chi connectivity index (χ3n) is 3.81. The summed E-state index contributed by atoms with van der Waals surface area (Å²) in [5.74, 6) is 2.28. The van der Waals surface area contributed by atoms with Gasteiger partial charge in [-0.15, -0.1) is 0 Å². The predicted molar refractivity (Wildman–Crippen MR) is 85.9 cm³/mol. The second-order valence-corrected chi connectivity index (χ2v) is 6.34. The Balaban J connectivity index is 2.26. The number of ether oxygens (including phenoxy) is 2. The second kappa shape index (κ2) is 7.14. The molecule has 1 aromatic carbocycles. The smallest absolute Gasteiger partial charge is 0.161 e. The van der Waals surface area contributed by atoms with Gasteiger partial charge in [-0.3, -0.25) is 4.90 Å². The molecule has 1 aromatic rings. The summed E-state index contributed by atoms with van der Waals surface area (Å²) < 4.78 is 11.3. The van der Waals surface area contributed by atoms with Crippen LogP contribution in [0.25, 0.3) is 0 Å². The van der Waals surface area contributed by atoms with Crippen LogP contribution in [0.2, 0.25) is 0 Å². The number of nitrogens with zero attached hydrogens (tertiary/aromatic N) is 1. The van der Waals surface area contributed by atoms with Gasteiger partial charge in [0.25, 0.3) is 0 Å². The summed E-state index contributed by atoms with van der Waals surface area (Å²) in [6.07, 6.45) is 0. The molecule has 0 aromatic heterocycles. The van der Waals surface area contributed by atoms with Crippen molar-refractivity contribution in [2.75, 3.05) is 26.3 Å². The maximum Gasteiger partial charge on any atom is 0.161 e. The number of rotatable bonds is 6. The summed E-state index contributed by atoms with van der Waals surface area (Å²) >= 11 is 0. The minimum Gasteiger partial charge on any atom is -0.486 e. The fourth-order valence-corrected chi connectivity index (χ4v) is 2.85. The van der Waals surface area contributed by atoms with E-state index in [4.69, 9.17) is 15.2 Å². The van der Waals surface area contributed by atoms with E-state index >= 15 is 0 Å². The van der Waals surface area contributed by atoms with E-state index in [-0.39, 0.29) is 6.04 Å². The van der Waals surface area contributed by atoms with Crippen molar-refractivity contribution >= 4 is 0 Å². The van der Waals surface area contributed by atoms with Crippen LogP contribution in [0, 0.1) is 5.92 Å². The lowest BCUT2D eigenvalue weighted by atomic mass is 10.0. The van der Waals surface area contributed by atoms with E-state index in [0.29, 0.717) is 31.7 Å². The summed E-state index contributed by atoms with van der Waals surface area (Å²) in [5, 5.41) is 0. The van der Waals surface area contributed by atoms with Gasteiger partial charge in [0.15, 0.2) is 11.5 Å². The van der Waals surface area contributed by atoms with Gasteiger partial charge < -0.3 is 15.2 Å². The molecule has 1 unspecified atom stereocenters. The summed E-state index contributed by atoms with van der Waals surface area (Å²) in [6.45, 7) is 11.8. The highest BCUT2D eigenvalue weighted by molar-refractivity contribution is 5.44. The van der Waals surface area contributed by atoms with Gasteiger partial charge in [0.05, 0.1) is 0 Å². The first kappa shape index (κ1) is 16.1. The quantitative estimate of drug-likeness (QED) is 0.876. The Morgan fingerprint density at radius 3 is 2.33 bits per heavy atom. The van der Waals surface area contributed by atoms with Crippen LogP contribution in [0.4, 0.5) is 0 Å². The van der Waals surface area contributed by atoms with Gasteiger partial charge in [0.2, 0.25) is 0 Å². The van der Waals surface area contributed by atoms with Gasteiger partial charge in [-0.25, -0.2) is 0 Å². The maximum atomic E-state index is 6.08. The lowest BCUT2D eigenvalue weighted by molar-refractivity contribution is 0.137. The average molecular weight is 292 g/mol. The number of fused-ring (bicyclic) bond motifs is 1. The lowest BCUT2D eigenvalue weighted by Gasteiger charge is -2.36. The molecule has 0 saturated carbocycles.